The van der Waals surface area contributed by atoms with E-state index in [1.165, 1.54) is 18.3 Å². The molecule has 1 aromatic heterocycles. The van der Waals surface area contributed by atoms with E-state index in [4.69, 9.17) is 5.73 Å². The zero-order chi connectivity index (χ0) is 14.7. The molecule has 8 nitrogen and oxygen atoms in total. The van der Waals surface area contributed by atoms with Crippen LogP contribution < -0.4 is 16.0 Å². The van der Waals surface area contributed by atoms with Crippen LogP contribution in [0.4, 0.5) is 17.3 Å². The minimum atomic E-state index is -0.247. The molecule has 1 amide bonds. The molecule has 0 aromatic carbocycles. The highest BCUT2D eigenvalue weighted by Crippen LogP contribution is 2.37. The van der Waals surface area contributed by atoms with E-state index in [2.05, 4.69) is 20.0 Å². The van der Waals surface area contributed by atoms with E-state index in [1.54, 1.807) is 7.05 Å². The molecule has 20 heavy (non-hydrogen) atoms. The smallest absolute Gasteiger partial charge is 0.308 e. The van der Waals surface area contributed by atoms with Gasteiger partial charge in [0.05, 0.1) is 13.0 Å². The number of rotatable bonds is 5. The Morgan fingerprint density at radius 2 is 2.25 bits per heavy atom. The number of hydrogen-bond donors (Lipinski definition) is 2. The third-order valence-corrected chi connectivity index (χ3v) is 3.51. The van der Waals surface area contributed by atoms with Crippen molar-refractivity contribution in [3.05, 3.63) is 6.33 Å². The van der Waals surface area contributed by atoms with Gasteiger partial charge in [0, 0.05) is 13.1 Å². The quantitative estimate of drug-likeness (QED) is 0.577. The first kappa shape index (κ1) is 14.0. The van der Waals surface area contributed by atoms with Crippen LogP contribution in [-0.4, -0.2) is 42.5 Å². The highest BCUT2D eigenvalue weighted by molar-refractivity contribution is 5.86. The van der Waals surface area contributed by atoms with Crippen molar-refractivity contribution in [2.45, 2.75) is 18.9 Å². The monoisotopic (exact) mass is 279 g/mol. The number of carbonyl (C=O) groups excluding carboxylic acids is 2. The Balaban J connectivity index is 2.17. The summed E-state index contributed by atoms with van der Waals surface area (Å²) in [5.41, 5.74) is 6.25. The molecular formula is C12H17N5O3. The summed E-state index contributed by atoms with van der Waals surface area (Å²) in [4.78, 5) is 32.2. The zero-order valence-corrected chi connectivity index (χ0v) is 11.4. The standard InChI is InChI=1S/C12H17N5O3/c1-14-9-10(13)15-5-16-11(9)17(6-18)8-3-7(4-8)12(19)20-2/h5-8,14H,3-4H2,1-2H3,(H2,13,15,16). The van der Waals surface area contributed by atoms with Crippen LogP contribution in [0.2, 0.25) is 0 Å². The molecule has 1 heterocycles. The largest absolute Gasteiger partial charge is 0.469 e. The summed E-state index contributed by atoms with van der Waals surface area (Å²) in [5.74, 6) is 0.282. The third kappa shape index (κ3) is 2.36. The summed E-state index contributed by atoms with van der Waals surface area (Å²) in [6.45, 7) is 0. The number of carbonyl (C=O) groups is 2. The fourth-order valence-electron chi connectivity index (χ4n) is 2.31. The lowest BCUT2D eigenvalue weighted by Crippen LogP contribution is -2.47. The first-order valence-electron chi connectivity index (χ1n) is 6.22. The van der Waals surface area contributed by atoms with Crippen LogP contribution in [-0.2, 0) is 14.3 Å². The molecular weight excluding hydrogens is 262 g/mol. The van der Waals surface area contributed by atoms with Gasteiger partial charge in [-0.2, -0.15) is 0 Å². The number of nitrogen functional groups attached to an aromatic ring is 1. The van der Waals surface area contributed by atoms with E-state index >= 15 is 0 Å². The number of hydrogen-bond acceptors (Lipinski definition) is 7. The summed E-state index contributed by atoms with van der Waals surface area (Å²) in [6.07, 6.45) is 3.11. The van der Waals surface area contributed by atoms with Crippen LogP contribution in [0.15, 0.2) is 6.33 Å². The molecule has 8 heteroatoms. The average molecular weight is 279 g/mol. The number of anilines is 3. The van der Waals surface area contributed by atoms with Crippen LogP contribution in [0.3, 0.4) is 0 Å². The molecule has 1 aromatic rings. The minimum absolute atomic E-state index is 0.0852. The summed E-state index contributed by atoms with van der Waals surface area (Å²) in [5, 5.41) is 2.88. The number of ether oxygens (including phenoxy) is 1. The maximum absolute atomic E-state index is 11.4. The summed E-state index contributed by atoms with van der Waals surface area (Å²) in [6, 6.07) is -0.0852. The van der Waals surface area contributed by atoms with Crippen LogP contribution >= 0.6 is 0 Å². The normalized spacial score (nSPS) is 20.7. The molecule has 0 bridgehead atoms. The SMILES string of the molecule is CNc1c(N)ncnc1N(C=O)C1CC(C(=O)OC)C1. The Kier molecular flexibility index (Phi) is 4.02. The fraction of sp³-hybridized carbons (Fsp3) is 0.500. The van der Waals surface area contributed by atoms with Crippen LogP contribution in [0, 0.1) is 5.92 Å². The number of methoxy groups -OCH3 is 1. The number of nitrogens with one attached hydrogen (secondary N) is 1. The van der Waals surface area contributed by atoms with Crippen molar-refractivity contribution in [2.75, 3.05) is 30.1 Å². The van der Waals surface area contributed by atoms with Gasteiger partial charge in [-0.25, -0.2) is 9.97 Å². The molecule has 1 aliphatic carbocycles. The van der Waals surface area contributed by atoms with Crippen molar-refractivity contribution in [3.63, 3.8) is 0 Å². The van der Waals surface area contributed by atoms with E-state index < -0.39 is 0 Å². The Morgan fingerprint density at radius 3 is 2.80 bits per heavy atom. The molecule has 1 fully saturated rings. The van der Waals surface area contributed by atoms with Crippen molar-refractivity contribution in [1.29, 1.82) is 0 Å². The molecule has 0 unspecified atom stereocenters. The topological polar surface area (TPSA) is 110 Å². The Bertz CT molecular complexity index is 516. The van der Waals surface area contributed by atoms with Gasteiger partial charge in [0.1, 0.15) is 12.0 Å². The maximum atomic E-state index is 11.4. The lowest BCUT2D eigenvalue weighted by Gasteiger charge is -2.39. The van der Waals surface area contributed by atoms with E-state index in [1.807, 2.05) is 0 Å². The number of amides is 1. The van der Waals surface area contributed by atoms with Gasteiger partial charge in [0.2, 0.25) is 6.41 Å². The van der Waals surface area contributed by atoms with Crippen molar-refractivity contribution in [1.82, 2.24) is 9.97 Å². The predicted molar refractivity (Wildman–Crippen MR) is 73.1 cm³/mol. The van der Waals surface area contributed by atoms with Crippen molar-refractivity contribution in [2.24, 2.45) is 5.92 Å². The van der Waals surface area contributed by atoms with Gasteiger partial charge in [-0.05, 0) is 12.8 Å². The second-order valence-electron chi connectivity index (χ2n) is 4.57. The van der Waals surface area contributed by atoms with Gasteiger partial charge in [-0.3, -0.25) is 14.5 Å². The second kappa shape index (κ2) is 5.72. The highest BCUT2D eigenvalue weighted by Gasteiger charge is 2.40. The van der Waals surface area contributed by atoms with E-state index in [0.717, 1.165) is 0 Å². The van der Waals surface area contributed by atoms with Crippen LogP contribution in [0.1, 0.15) is 12.8 Å². The fourth-order valence-corrected chi connectivity index (χ4v) is 2.31. The molecule has 1 aliphatic rings. The van der Waals surface area contributed by atoms with Gasteiger partial charge < -0.3 is 15.8 Å². The van der Waals surface area contributed by atoms with Crippen molar-refractivity contribution in [3.8, 4) is 0 Å². The number of esters is 1. The summed E-state index contributed by atoms with van der Waals surface area (Å²) < 4.78 is 4.68. The molecule has 0 atom stereocenters. The lowest BCUT2D eigenvalue weighted by atomic mass is 9.79. The minimum Gasteiger partial charge on any atom is -0.469 e. The second-order valence-corrected chi connectivity index (χ2v) is 4.57. The zero-order valence-electron chi connectivity index (χ0n) is 11.4. The molecule has 0 saturated heterocycles. The molecule has 1 saturated carbocycles. The molecule has 0 radical (unpaired) electrons. The first-order valence-corrected chi connectivity index (χ1v) is 6.22. The molecule has 108 valence electrons. The van der Waals surface area contributed by atoms with Crippen LogP contribution in [0.25, 0.3) is 0 Å². The summed E-state index contributed by atoms with van der Waals surface area (Å²) in [7, 11) is 3.04. The predicted octanol–water partition coefficient (Wildman–Crippen LogP) is 0.0149. The lowest BCUT2D eigenvalue weighted by molar-refractivity contribution is -0.149. The van der Waals surface area contributed by atoms with Gasteiger partial charge in [-0.1, -0.05) is 0 Å². The third-order valence-electron chi connectivity index (χ3n) is 3.51. The van der Waals surface area contributed by atoms with E-state index in [9.17, 15) is 9.59 Å². The number of aromatic nitrogens is 2. The van der Waals surface area contributed by atoms with Crippen molar-refractivity contribution < 1.29 is 14.3 Å². The van der Waals surface area contributed by atoms with Gasteiger partial charge in [-0.15, -0.1) is 0 Å². The van der Waals surface area contributed by atoms with E-state index in [0.29, 0.717) is 30.8 Å². The van der Waals surface area contributed by atoms with Gasteiger partial charge in [0.25, 0.3) is 0 Å². The van der Waals surface area contributed by atoms with Crippen molar-refractivity contribution >= 4 is 29.7 Å². The van der Waals surface area contributed by atoms with Crippen LogP contribution in [0.5, 0.6) is 0 Å². The molecule has 0 aliphatic heterocycles. The van der Waals surface area contributed by atoms with Gasteiger partial charge >= 0.3 is 5.97 Å². The Hall–Kier alpha value is -2.38. The van der Waals surface area contributed by atoms with Gasteiger partial charge in [0.15, 0.2) is 11.6 Å². The Labute approximate surface area is 116 Å². The highest BCUT2D eigenvalue weighted by atomic mass is 16.5. The maximum Gasteiger partial charge on any atom is 0.308 e. The molecule has 3 N–H and O–H groups in total. The molecule has 2 rings (SSSR count). The summed E-state index contributed by atoms with van der Waals surface area (Å²) >= 11 is 0. The average Bonchev–Trinajstić information content (AvgIpc) is 2.41. The molecule has 0 spiro atoms. The first-order chi connectivity index (χ1) is 9.62. The Morgan fingerprint density at radius 1 is 1.55 bits per heavy atom. The number of nitrogens with zero attached hydrogens (tertiary/aromatic N) is 3. The van der Waals surface area contributed by atoms with E-state index in [-0.39, 0.29) is 23.7 Å². The number of nitrogens with two attached hydrogens (primary N) is 1.